The highest BCUT2D eigenvalue weighted by Gasteiger charge is 2.62. The number of aromatic amines is 1. The molecule has 8 nitrogen and oxygen atoms in total. The topological polar surface area (TPSA) is 77.6 Å². The van der Waals surface area contributed by atoms with E-state index in [2.05, 4.69) is 32.0 Å². The van der Waals surface area contributed by atoms with Gasteiger partial charge in [0.25, 0.3) is 5.92 Å². The summed E-state index contributed by atoms with van der Waals surface area (Å²) in [4.78, 5) is 24.0. The van der Waals surface area contributed by atoms with E-state index in [1.165, 1.54) is 11.0 Å². The molecule has 7 rings (SSSR count). The van der Waals surface area contributed by atoms with Crippen molar-refractivity contribution in [2.75, 3.05) is 51.3 Å². The fourth-order valence-corrected chi connectivity index (χ4v) is 5.97. The molecule has 1 saturated heterocycles. The SMILES string of the molecule is CN1CCN(c2ccc3cc2CN(C(=O)[C@@H]2CC2(F)F)CCCOc2cccc(F)c2-c2cc4c-3n[nH]c4cn2)CC1. The molecule has 1 saturated carbocycles. The second-order valence-electron chi connectivity index (χ2n) is 11.4. The molecule has 1 atom stereocenters. The molecule has 0 spiro atoms. The van der Waals surface area contributed by atoms with Crippen molar-refractivity contribution in [1.29, 1.82) is 0 Å². The Labute approximate surface area is 241 Å². The van der Waals surface area contributed by atoms with Crippen LogP contribution in [-0.2, 0) is 11.3 Å². The largest absolute Gasteiger partial charge is 0.493 e. The van der Waals surface area contributed by atoms with Crippen molar-refractivity contribution in [1.82, 2.24) is 25.0 Å². The summed E-state index contributed by atoms with van der Waals surface area (Å²) in [5.41, 5.74) is 4.63. The van der Waals surface area contributed by atoms with Crippen molar-refractivity contribution in [3.63, 3.8) is 0 Å². The summed E-state index contributed by atoms with van der Waals surface area (Å²) in [6.07, 6.45) is 1.59. The van der Waals surface area contributed by atoms with E-state index in [0.717, 1.165) is 48.4 Å². The first-order valence-corrected chi connectivity index (χ1v) is 14.3. The highest BCUT2D eigenvalue weighted by molar-refractivity contribution is 5.95. The van der Waals surface area contributed by atoms with E-state index in [0.29, 0.717) is 29.1 Å². The van der Waals surface area contributed by atoms with Crippen molar-refractivity contribution >= 4 is 22.5 Å². The Morgan fingerprint density at radius 1 is 1.10 bits per heavy atom. The van der Waals surface area contributed by atoms with Crippen molar-refractivity contribution < 1.29 is 22.7 Å². The number of rotatable bonds is 2. The van der Waals surface area contributed by atoms with Crippen LogP contribution in [-0.4, -0.2) is 83.2 Å². The zero-order chi connectivity index (χ0) is 29.0. The summed E-state index contributed by atoms with van der Waals surface area (Å²) in [5.74, 6) is -4.97. The van der Waals surface area contributed by atoms with Gasteiger partial charge in [0.1, 0.15) is 23.2 Å². The van der Waals surface area contributed by atoms with Gasteiger partial charge in [-0.15, -0.1) is 0 Å². The molecule has 2 aromatic carbocycles. The smallest absolute Gasteiger partial charge is 0.260 e. The number of piperazine rings is 1. The maximum atomic E-state index is 15.2. The summed E-state index contributed by atoms with van der Waals surface area (Å²) in [7, 11) is 2.09. The molecule has 11 heteroatoms. The molecule has 4 heterocycles. The van der Waals surface area contributed by atoms with Crippen molar-refractivity contribution in [2.45, 2.75) is 25.3 Å². The summed E-state index contributed by atoms with van der Waals surface area (Å²) in [5, 5.41) is 8.35. The number of benzene rings is 2. The quantitative estimate of drug-likeness (QED) is 0.364. The average molecular weight is 577 g/mol. The molecule has 3 aliphatic rings. The van der Waals surface area contributed by atoms with Gasteiger partial charge < -0.3 is 19.4 Å². The Balaban J connectivity index is 1.36. The number of nitrogens with zero attached hydrogens (tertiary/aromatic N) is 5. The van der Waals surface area contributed by atoms with Crippen LogP contribution in [0.25, 0.3) is 33.4 Å². The molecule has 2 aromatic heterocycles. The Bertz CT molecular complexity index is 1670. The van der Waals surface area contributed by atoms with E-state index in [1.807, 2.05) is 18.2 Å². The Kier molecular flexibility index (Phi) is 6.56. The van der Waals surface area contributed by atoms with Crippen LogP contribution >= 0.6 is 0 Å². The molecule has 1 amide bonds. The zero-order valence-corrected chi connectivity index (χ0v) is 23.2. The third-order valence-corrected chi connectivity index (χ3v) is 8.50. The van der Waals surface area contributed by atoms with Crippen LogP contribution in [0, 0.1) is 11.7 Å². The molecule has 4 aromatic rings. The lowest BCUT2D eigenvalue weighted by Gasteiger charge is -2.36. The molecular formula is C31H31F3N6O2. The fraction of sp³-hybridized carbons (Fsp3) is 0.387. The number of amides is 1. The van der Waals surface area contributed by atoms with Gasteiger partial charge in [-0.05, 0) is 49.4 Å². The predicted octanol–water partition coefficient (Wildman–Crippen LogP) is 4.95. The van der Waals surface area contributed by atoms with Crippen molar-refractivity contribution in [3.8, 4) is 28.3 Å². The number of halogens is 3. The highest BCUT2D eigenvalue weighted by Crippen LogP contribution is 2.50. The molecule has 0 radical (unpaired) electrons. The number of hydrogen-bond acceptors (Lipinski definition) is 6. The van der Waals surface area contributed by atoms with Gasteiger partial charge >= 0.3 is 0 Å². The summed E-state index contributed by atoms with van der Waals surface area (Å²) in [6, 6.07) is 12.4. The van der Waals surface area contributed by atoms with E-state index in [9.17, 15) is 13.6 Å². The number of aromatic nitrogens is 3. The van der Waals surface area contributed by atoms with Crippen LogP contribution in [0.15, 0.2) is 48.7 Å². The van der Waals surface area contributed by atoms with E-state index in [-0.39, 0.29) is 25.3 Å². The van der Waals surface area contributed by atoms with Crippen LogP contribution in [0.2, 0.25) is 0 Å². The first-order chi connectivity index (χ1) is 20.3. The van der Waals surface area contributed by atoms with E-state index >= 15 is 4.39 Å². The number of carbonyl (C=O) groups excluding carboxylic acids is 1. The Morgan fingerprint density at radius 2 is 1.90 bits per heavy atom. The second-order valence-corrected chi connectivity index (χ2v) is 11.4. The normalized spacial score (nSPS) is 20.5. The minimum atomic E-state index is -2.97. The number of H-pyrrole nitrogens is 1. The van der Waals surface area contributed by atoms with Gasteiger partial charge in [0.15, 0.2) is 0 Å². The molecule has 2 fully saturated rings. The molecule has 4 bridgehead atoms. The number of nitrogens with one attached hydrogen (secondary N) is 1. The van der Waals surface area contributed by atoms with E-state index in [4.69, 9.17) is 4.74 Å². The van der Waals surface area contributed by atoms with Crippen LogP contribution in [0.1, 0.15) is 18.4 Å². The number of alkyl halides is 2. The summed E-state index contributed by atoms with van der Waals surface area (Å²) in [6.45, 7) is 4.00. The van der Waals surface area contributed by atoms with Crippen LogP contribution in [0.4, 0.5) is 18.9 Å². The van der Waals surface area contributed by atoms with Gasteiger partial charge in [-0.3, -0.25) is 14.9 Å². The number of carbonyl (C=O) groups is 1. The highest BCUT2D eigenvalue weighted by atomic mass is 19.3. The second kappa shape index (κ2) is 10.3. The number of fused-ring (bicyclic) bond motifs is 6. The van der Waals surface area contributed by atoms with Gasteiger partial charge in [0, 0.05) is 62.3 Å². The lowest BCUT2D eigenvalue weighted by atomic mass is 10.0. The molecule has 42 heavy (non-hydrogen) atoms. The van der Waals surface area contributed by atoms with E-state index in [1.54, 1.807) is 24.4 Å². The Hall–Kier alpha value is -4.12. The molecule has 218 valence electrons. The first-order valence-electron chi connectivity index (χ1n) is 14.3. The number of pyridine rings is 1. The lowest BCUT2D eigenvalue weighted by Crippen LogP contribution is -2.45. The number of hydrogen-bond donors (Lipinski definition) is 1. The molecule has 1 aliphatic carbocycles. The molecule has 1 N–H and O–H groups in total. The predicted molar refractivity (Wildman–Crippen MR) is 153 cm³/mol. The lowest BCUT2D eigenvalue weighted by molar-refractivity contribution is -0.135. The van der Waals surface area contributed by atoms with Crippen LogP contribution < -0.4 is 9.64 Å². The molecule has 2 aliphatic heterocycles. The minimum absolute atomic E-state index is 0.172. The first kappa shape index (κ1) is 26.8. The maximum Gasteiger partial charge on any atom is 0.260 e. The number of ether oxygens (including phenoxy) is 1. The molecule has 0 unspecified atom stereocenters. The van der Waals surface area contributed by atoms with Gasteiger partial charge in [-0.2, -0.15) is 5.10 Å². The summed E-state index contributed by atoms with van der Waals surface area (Å²) >= 11 is 0. The zero-order valence-electron chi connectivity index (χ0n) is 23.2. The summed E-state index contributed by atoms with van der Waals surface area (Å²) < 4.78 is 49.3. The van der Waals surface area contributed by atoms with Crippen LogP contribution in [0.3, 0.4) is 0 Å². The maximum absolute atomic E-state index is 15.2. The third kappa shape index (κ3) is 4.85. The third-order valence-electron chi connectivity index (χ3n) is 8.50. The van der Waals surface area contributed by atoms with Gasteiger partial charge in [-0.25, -0.2) is 13.2 Å². The van der Waals surface area contributed by atoms with E-state index < -0.39 is 30.0 Å². The monoisotopic (exact) mass is 576 g/mol. The van der Waals surface area contributed by atoms with Gasteiger partial charge in [0.05, 0.1) is 29.6 Å². The Morgan fingerprint density at radius 3 is 2.69 bits per heavy atom. The fourth-order valence-electron chi connectivity index (χ4n) is 5.97. The standard InChI is InChI=1S/C31H31F3N6O2/c1-38-9-11-39(12-10-38)26-7-6-19-14-20(26)18-40(30(41)22-16-31(22,33)34)8-3-13-42-27-5-2-4-23(32)28(27)24-15-21-25(17-35-24)36-37-29(19)21/h2,4-7,14-15,17,22H,3,8-13,16,18H2,1H3,(H,36,37)/t22-/m0/s1. The van der Waals surface area contributed by atoms with Gasteiger partial charge in [0.2, 0.25) is 5.91 Å². The number of anilines is 1. The average Bonchev–Trinajstić information content (AvgIpc) is 3.42. The van der Waals surface area contributed by atoms with Crippen LogP contribution in [0.5, 0.6) is 5.75 Å². The number of likely N-dealkylation sites (N-methyl/N-ethyl adjacent to an activating group) is 1. The van der Waals surface area contributed by atoms with Gasteiger partial charge in [-0.1, -0.05) is 12.1 Å². The minimum Gasteiger partial charge on any atom is -0.493 e. The molecular weight excluding hydrogens is 545 g/mol. The van der Waals surface area contributed by atoms with Crippen molar-refractivity contribution in [2.24, 2.45) is 5.92 Å². The van der Waals surface area contributed by atoms with Crippen molar-refractivity contribution in [3.05, 3.63) is 60.0 Å².